The Morgan fingerprint density at radius 1 is 1.05 bits per heavy atom. The number of hydrogen-bond donors (Lipinski definition) is 0. The molecular formula is C29H28F4N4O2. The molecule has 39 heavy (non-hydrogen) atoms. The molecule has 1 aromatic carbocycles. The van der Waals surface area contributed by atoms with Gasteiger partial charge in [-0.05, 0) is 86.3 Å². The standard InChI is InChI=1S/C29H28F4N4O2/c1-3-20-15-35-23-14-21(18-9-11-19(12-10-18)26-17(2)6-4-7-22(26)30)28(38)37(27(23)36-20)16-24-25(8-5-13-34-24)39-29(31,32)33/h4-8,13-15,18-19H,3,9-12,16H2,1-2H3/t18-,19-. The molecule has 1 fully saturated rings. The van der Waals surface area contributed by atoms with Gasteiger partial charge >= 0.3 is 6.36 Å². The van der Waals surface area contributed by atoms with E-state index in [1.54, 1.807) is 18.3 Å². The van der Waals surface area contributed by atoms with Gasteiger partial charge in [0.2, 0.25) is 0 Å². The summed E-state index contributed by atoms with van der Waals surface area (Å²) in [6.45, 7) is 3.54. The summed E-state index contributed by atoms with van der Waals surface area (Å²) >= 11 is 0. The van der Waals surface area contributed by atoms with E-state index < -0.39 is 12.1 Å². The second-order valence-electron chi connectivity index (χ2n) is 9.93. The first-order chi connectivity index (χ1) is 18.6. The lowest BCUT2D eigenvalue weighted by molar-refractivity contribution is -0.275. The molecule has 0 bridgehead atoms. The highest BCUT2D eigenvalue weighted by atomic mass is 19.4. The van der Waals surface area contributed by atoms with Crippen molar-refractivity contribution in [2.45, 2.75) is 70.7 Å². The third-order valence-corrected chi connectivity index (χ3v) is 7.46. The Morgan fingerprint density at radius 3 is 2.49 bits per heavy atom. The van der Waals surface area contributed by atoms with Crippen LogP contribution in [-0.2, 0) is 13.0 Å². The number of fused-ring (bicyclic) bond motifs is 1. The summed E-state index contributed by atoms with van der Waals surface area (Å²) in [6, 6.07) is 9.34. The van der Waals surface area contributed by atoms with Gasteiger partial charge in [-0.15, -0.1) is 13.2 Å². The molecule has 0 N–H and O–H groups in total. The molecule has 1 aliphatic rings. The zero-order valence-corrected chi connectivity index (χ0v) is 21.6. The van der Waals surface area contributed by atoms with E-state index in [2.05, 4.69) is 19.7 Å². The van der Waals surface area contributed by atoms with E-state index in [4.69, 9.17) is 0 Å². The molecule has 1 aliphatic carbocycles. The number of halogens is 4. The fourth-order valence-electron chi connectivity index (χ4n) is 5.56. The zero-order chi connectivity index (χ0) is 27.7. The Balaban J connectivity index is 1.52. The predicted octanol–water partition coefficient (Wildman–Crippen LogP) is 6.58. The molecule has 0 atom stereocenters. The van der Waals surface area contributed by atoms with Crippen LogP contribution in [0.1, 0.15) is 72.5 Å². The summed E-state index contributed by atoms with van der Waals surface area (Å²) < 4.78 is 59.2. The first kappa shape index (κ1) is 26.8. The van der Waals surface area contributed by atoms with Gasteiger partial charge in [-0.3, -0.25) is 19.3 Å². The number of benzene rings is 1. The lowest BCUT2D eigenvalue weighted by Crippen LogP contribution is -2.29. The first-order valence-corrected chi connectivity index (χ1v) is 13.0. The minimum Gasteiger partial charge on any atom is -0.404 e. The number of ether oxygens (including phenoxy) is 1. The molecule has 0 amide bonds. The summed E-state index contributed by atoms with van der Waals surface area (Å²) in [5.74, 6) is -0.719. The van der Waals surface area contributed by atoms with Crippen molar-refractivity contribution in [3.63, 3.8) is 0 Å². The van der Waals surface area contributed by atoms with Crippen molar-refractivity contribution in [3.05, 3.63) is 93.0 Å². The molecule has 1 saturated carbocycles. The lowest BCUT2D eigenvalue weighted by Gasteiger charge is -2.30. The number of alkyl halides is 3. The van der Waals surface area contributed by atoms with E-state index in [1.165, 1.54) is 29.0 Å². The normalized spacial score (nSPS) is 17.9. The van der Waals surface area contributed by atoms with Gasteiger partial charge in [-0.25, -0.2) is 9.37 Å². The molecule has 10 heteroatoms. The van der Waals surface area contributed by atoms with Crippen LogP contribution >= 0.6 is 0 Å². The van der Waals surface area contributed by atoms with Crippen LogP contribution in [0.2, 0.25) is 0 Å². The van der Waals surface area contributed by atoms with Crippen molar-refractivity contribution in [2.24, 2.45) is 0 Å². The molecule has 3 heterocycles. The predicted molar refractivity (Wildman–Crippen MR) is 138 cm³/mol. The van der Waals surface area contributed by atoms with Crippen molar-refractivity contribution in [3.8, 4) is 5.75 Å². The lowest BCUT2D eigenvalue weighted by atomic mass is 9.75. The molecule has 5 rings (SSSR count). The third-order valence-electron chi connectivity index (χ3n) is 7.46. The number of hydrogen-bond acceptors (Lipinski definition) is 5. The maximum Gasteiger partial charge on any atom is 0.573 e. The summed E-state index contributed by atoms with van der Waals surface area (Å²) in [4.78, 5) is 27.1. The van der Waals surface area contributed by atoms with Crippen LogP contribution in [0.15, 0.2) is 53.6 Å². The van der Waals surface area contributed by atoms with Gasteiger partial charge in [-0.1, -0.05) is 19.1 Å². The number of aryl methyl sites for hydroxylation is 2. The van der Waals surface area contributed by atoms with E-state index in [1.807, 2.05) is 19.9 Å². The Kier molecular flexibility index (Phi) is 7.38. The molecule has 6 nitrogen and oxygen atoms in total. The summed E-state index contributed by atoms with van der Waals surface area (Å²) in [5, 5.41) is 0. The average Bonchev–Trinajstić information content (AvgIpc) is 2.90. The number of rotatable bonds is 6. The van der Waals surface area contributed by atoms with Gasteiger partial charge in [-0.2, -0.15) is 0 Å². The van der Waals surface area contributed by atoms with Crippen molar-refractivity contribution >= 4 is 11.2 Å². The van der Waals surface area contributed by atoms with Gasteiger partial charge in [0.1, 0.15) is 17.0 Å². The van der Waals surface area contributed by atoms with Gasteiger partial charge in [0, 0.05) is 18.0 Å². The summed E-state index contributed by atoms with van der Waals surface area (Å²) in [6.07, 6.45) is 1.43. The second kappa shape index (κ2) is 10.7. The van der Waals surface area contributed by atoms with Crippen LogP contribution in [0.25, 0.3) is 11.2 Å². The van der Waals surface area contributed by atoms with Crippen LogP contribution < -0.4 is 10.3 Å². The molecule has 0 unspecified atom stereocenters. The Bertz CT molecular complexity index is 1540. The summed E-state index contributed by atoms with van der Waals surface area (Å²) in [7, 11) is 0. The molecule has 0 aliphatic heterocycles. The van der Waals surface area contributed by atoms with Crippen LogP contribution in [0.5, 0.6) is 5.75 Å². The van der Waals surface area contributed by atoms with E-state index >= 15 is 0 Å². The highest BCUT2D eigenvalue weighted by Gasteiger charge is 2.33. The number of aromatic nitrogens is 4. The molecule has 4 aromatic rings. The van der Waals surface area contributed by atoms with Crippen LogP contribution in [0.4, 0.5) is 17.6 Å². The van der Waals surface area contributed by atoms with Gasteiger partial charge < -0.3 is 4.74 Å². The third kappa shape index (κ3) is 5.65. The summed E-state index contributed by atoms with van der Waals surface area (Å²) in [5.41, 5.74) is 3.19. The van der Waals surface area contributed by atoms with Crippen molar-refractivity contribution < 1.29 is 22.3 Å². The van der Waals surface area contributed by atoms with E-state index in [-0.39, 0.29) is 41.1 Å². The highest BCUT2D eigenvalue weighted by Crippen LogP contribution is 2.41. The van der Waals surface area contributed by atoms with Crippen LogP contribution in [0.3, 0.4) is 0 Å². The average molecular weight is 541 g/mol. The number of pyridine rings is 2. The van der Waals surface area contributed by atoms with Crippen molar-refractivity contribution in [1.29, 1.82) is 0 Å². The maximum absolute atomic E-state index is 14.6. The molecule has 204 valence electrons. The Morgan fingerprint density at radius 2 is 1.79 bits per heavy atom. The van der Waals surface area contributed by atoms with E-state index in [9.17, 15) is 22.4 Å². The highest BCUT2D eigenvalue weighted by molar-refractivity contribution is 5.71. The Labute approximate surface area is 222 Å². The van der Waals surface area contributed by atoms with Gasteiger partial charge in [0.15, 0.2) is 11.4 Å². The quantitative estimate of drug-likeness (QED) is 0.258. The Hall–Kier alpha value is -3.82. The van der Waals surface area contributed by atoms with Crippen molar-refractivity contribution in [1.82, 2.24) is 19.5 Å². The minimum absolute atomic E-state index is 0.0437. The fourth-order valence-corrected chi connectivity index (χ4v) is 5.56. The molecule has 0 radical (unpaired) electrons. The van der Waals surface area contributed by atoms with Crippen molar-refractivity contribution in [2.75, 3.05) is 0 Å². The molecule has 0 spiro atoms. The van der Waals surface area contributed by atoms with Crippen LogP contribution in [-0.4, -0.2) is 25.9 Å². The smallest absolute Gasteiger partial charge is 0.404 e. The zero-order valence-electron chi connectivity index (χ0n) is 21.6. The van der Waals surface area contributed by atoms with E-state index in [0.29, 0.717) is 48.9 Å². The van der Waals surface area contributed by atoms with Gasteiger partial charge in [0.25, 0.3) is 5.56 Å². The maximum atomic E-state index is 14.6. The molecular weight excluding hydrogens is 512 g/mol. The van der Waals surface area contributed by atoms with Gasteiger partial charge in [0.05, 0.1) is 12.2 Å². The first-order valence-electron chi connectivity index (χ1n) is 13.0. The minimum atomic E-state index is -4.91. The van der Waals surface area contributed by atoms with Crippen LogP contribution in [0, 0.1) is 12.7 Å². The fraction of sp³-hybridized carbons (Fsp3) is 0.379. The second-order valence-corrected chi connectivity index (χ2v) is 9.93. The topological polar surface area (TPSA) is 69.9 Å². The van der Waals surface area contributed by atoms with E-state index in [0.717, 1.165) is 11.1 Å². The molecule has 3 aromatic heterocycles. The largest absolute Gasteiger partial charge is 0.573 e. The monoisotopic (exact) mass is 540 g/mol. The number of nitrogens with zero attached hydrogens (tertiary/aromatic N) is 4. The molecule has 0 saturated heterocycles. The SMILES string of the molecule is CCc1cnc2cc([C@H]3CC[C@H](c4c(C)cccc4F)CC3)c(=O)n(Cc3ncccc3OC(F)(F)F)c2n1.